The summed E-state index contributed by atoms with van der Waals surface area (Å²) in [6.45, 7) is 1.91. The zero-order valence-corrected chi connectivity index (χ0v) is 10.8. The molecule has 1 heterocycles. The largest absolute Gasteiger partial charge is 0.337 e. The lowest BCUT2D eigenvalue weighted by atomic mass is 10.1. The summed E-state index contributed by atoms with van der Waals surface area (Å²) in [5.41, 5.74) is 2.04. The molecule has 1 aliphatic carbocycles. The number of nitrogens with one attached hydrogen (secondary N) is 1. The highest BCUT2D eigenvalue weighted by Crippen LogP contribution is 2.32. The van der Waals surface area contributed by atoms with Crippen LogP contribution in [-0.2, 0) is 13.0 Å². The molecule has 0 fully saturated rings. The SMILES string of the molecule is Fc1cccc2c1CCC2NCCCn1ccnc1. The van der Waals surface area contributed by atoms with E-state index in [1.807, 2.05) is 18.6 Å². The maximum Gasteiger partial charge on any atom is 0.126 e. The first-order chi connectivity index (χ1) is 9.34. The number of benzene rings is 1. The number of rotatable bonds is 5. The minimum atomic E-state index is -0.0554. The van der Waals surface area contributed by atoms with Crippen LogP contribution in [0.25, 0.3) is 0 Å². The minimum absolute atomic E-state index is 0.0554. The van der Waals surface area contributed by atoms with Crippen molar-refractivity contribution in [2.45, 2.75) is 31.8 Å². The van der Waals surface area contributed by atoms with Crippen LogP contribution >= 0.6 is 0 Å². The molecular weight excluding hydrogens is 241 g/mol. The summed E-state index contributed by atoms with van der Waals surface area (Å²) in [5, 5.41) is 3.53. The van der Waals surface area contributed by atoms with Crippen LogP contribution in [0.15, 0.2) is 36.9 Å². The summed E-state index contributed by atoms with van der Waals surface area (Å²) in [4.78, 5) is 4.02. The maximum atomic E-state index is 13.6. The summed E-state index contributed by atoms with van der Waals surface area (Å²) in [6, 6.07) is 5.72. The van der Waals surface area contributed by atoms with Crippen molar-refractivity contribution in [3.05, 3.63) is 53.9 Å². The quantitative estimate of drug-likeness (QED) is 0.837. The van der Waals surface area contributed by atoms with Gasteiger partial charge in [-0.25, -0.2) is 9.37 Å². The van der Waals surface area contributed by atoms with E-state index in [4.69, 9.17) is 0 Å². The molecule has 2 aromatic rings. The zero-order valence-electron chi connectivity index (χ0n) is 10.8. The molecule has 3 rings (SSSR count). The van der Waals surface area contributed by atoms with E-state index in [0.717, 1.165) is 43.5 Å². The Kier molecular flexibility index (Phi) is 3.60. The molecule has 1 atom stereocenters. The number of aromatic nitrogens is 2. The van der Waals surface area contributed by atoms with E-state index < -0.39 is 0 Å². The van der Waals surface area contributed by atoms with E-state index in [1.165, 1.54) is 0 Å². The molecule has 3 nitrogen and oxygen atoms in total. The molecule has 1 aromatic carbocycles. The van der Waals surface area contributed by atoms with Crippen LogP contribution in [0.5, 0.6) is 0 Å². The molecule has 1 N–H and O–H groups in total. The Hall–Kier alpha value is -1.68. The molecule has 100 valence electrons. The van der Waals surface area contributed by atoms with Crippen LogP contribution in [-0.4, -0.2) is 16.1 Å². The summed E-state index contributed by atoms with van der Waals surface area (Å²) < 4.78 is 15.7. The first-order valence-electron chi connectivity index (χ1n) is 6.81. The number of nitrogens with zero attached hydrogens (tertiary/aromatic N) is 2. The van der Waals surface area contributed by atoms with Gasteiger partial charge in [-0.2, -0.15) is 0 Å². The molecule has 0 radical (unpaired) electrons. The second-order valence-corrected chi connectivity index (χ2v) is 5.01. The van der Waals surface area contributed by atoms with Gasteiger partial charge in [-0.1, -0.05) is 12.1 Å². The number of hydrogen-bond donors (Lipinski definition) is 1. The first-order valence-corrected chi connectivity index (χ1v) is 6.81. The van der Waals surface area contributed by atoms with E-state index in [1.54, 1.807) is 18.3 Å². The number of halogens is 1. The van der Waals surface area contributed by atoms with Crippen LogP contribution in [0.2, 0.25) is 0 Å². The molecule has 1 unspecified atom stereocenters. The van der Waals surface area contributed by atoms with Crippen LogP contribution in [0.4, 0.5) is 4.39 Å². The van der Waals surface area contributed by atoms with E-state index in [2.05, 4.69) is 14.9 Å². The minimum Gasteiger partial charge on any atom is -0.337 e. The molecule has 1 aliphatic rings. The fourth-order valence-electron chi connectivity index (χ4n) is 2.78. The lowest BCUT2D eigenvalue weighted by Crippen LogP contribution is -2.21. The Morgan fingerprint density at radius 2 is 2.37 bits per heavy atom. The monoisotopic (exact) mass is 259 g/mol. The summed E-state index contributed by atoms with van der Waals surface area (Å²) in [6.07, 6.45) is 8.50. The predicted octanol–water partition coefficient (Wildman–Crippen LogP) is 2.69. The third-order valence-corrected chi connectivity index (χ3v) is 3.76. The molecule has 0 aliphatic heterocycles. The van der Waals surface area contributed by atoms with Gasteiger partial charge in [0.25, 0.3) is 0 Å². The fourth-order valence-corrected chi connectivity index (χ4v) is 2.78. The number of aryl methyl sites for hydroxylation is 1. The third kappa shape index (κ3) is 2.68. The van der Waals surface area contributed by atoms with Crippen molar-refractivity contribution in [3.8, 4) is 0 Å². The highest BCUT2D eigenvalue weighted by Gasteiger charge is 2.23. The van der Waals surface area contributed by atoms with E-state index in [0.29, 0.717) is 6.04 Å². The highest BCUT2D eigenvalue weighted by molar-refractivity contribution is 5.35. The van der Waals surface area contributed by atoms with Gasteiger partial charge < -0.3 is 9.88 Å². The van der Waals surface area contributed by atoms with Crippen LogP contribution in [0.3, 0.4) is 0 Å². The van der Waals surface area contributed by atoms with E-state index in [9.17, 15) is 4.39 Å². The van der Waals surface area contributed by atoms with E-state index in [-0.39, 0.29) is 5.82 Å². The van der Waals surface area contributed by atoms with Crippen LogP contribution < -0.4 is 5.32 Å². The van der Waals surface area contributed by atoms with Gasteiger partial charge in [0.15, 0.2) is 0 Å². The highest BCUT2D eigenvalue weighted by atomic mass is 19.1. The van der Waals surface area contributed by atoms with Crippen molar-refractivity contribution >= 4 is 0 Å². The Morgan fingerprint density at radius 1 is 1.42 bits per heavy atom. The van der Waals surface area contributed by atoms with Gasteiger partial charge in [-0.15, -0.1) is 0 Å². The average Bonchev–Trinajstić information content (AvgIpc) is 3.05. The summed E-state index contributed by atoms with van der Waals surface area (Å²) in [5.74, 6) is -0.0554. The first kappa shape index (κ1) is 12.4. The van der Waals surface area contributed by atoms with Gasteiger partial charge in [-0.3, -0.25) is 0 Å². The topological polar surface area (TPSA) is 29.9 Å². The van der Waals surface area contributed by atoms with Gasteiger partial charge in [0.05, 0.1) is 6.33 Å². The van der Waals surface area contributed by atoms with Crippen molar-refractivity contribution in [1.82, 2.24) is 14.9 Å². The second-order valence-electron chi connectivity index (χ2n) is 5.01. The van der Waals surface area contributed by atoms with Crippen molar-refractivity contribution in [2.24, 2.45) is 0 Å². The maximum absolute atomic E-state index is 13.6. The van der Waals surface area contributed by atoms with E-state index >= 15 is 0 Å². The van der Waals surface area contributed by atoms with Crippen LogP contribution in [0, 0.1) is 5.82 Å². The Labute approximate surface area is 112 Å². The van der Waals surface area contributed by atoms with Crippen molar-refractivity contribution < 1.29 is 4.39 Å². The van der Waals surface area contributed by atoms with Gasteiger partial charge >= 0.3 is 0 Å². The van der Waals surface area contributed by atoms with Gasteiger partial charge in [0, 0.05) is 25.0 Å². The van der Waals surface area contributed by atoms with Crippen molar-refractivity contribution in [3.63, 3.8) is 0 Å². The molecular formula is C15H18FN3. The molecule has 0 spiro atoms. The number of hydrogen-bond acceptors (Lipinski definition) is 2. The summed E-state index contributed by atoms with van der Waals surface area (Å²) >= 11 is 0. The number of imidazole rings is 1. The molecule has 0 saturated carbocycles. The zero-order chi connectivity index (χ0) is 13.1. The Balaban J connectivity index is 1.51. The molecule has 4 heteroatoms. The fraction of sp³-hybridized carbons (Fsp3) is 0.400. The van der Waals surface area contributed by atoms with Crippen LogP contribution in [0.1, 0.15) is 30.0 Å². The smallest absolute Gasteiger partial charge is 0.126 e. The van der Waals surface area contributed by atoms with Gasteiger partial charge in [0.1, 0.15) is 5.82 Å². The van der Waals surface area contributed by atoms with Crippen molar-refractivity contribution in [1.29, 1.82) is 0 Å². The lowest BCUT2D eigenvalue weighted by Gasteiger charge is -2.14. The average molecular weight is 259 g/mol. The lowest BCUT2D eigenvalue weighted by molar-refractivity contribution is 0.499. The third-order valence-electron chi connectivity index (χ3n) is 3.76. The predicted molar refractivity (Wildman–Crippen MR) is 72.3 cm³/mol. The van der Waals surface area contributed by atoms with Gasteiger partial charge in [-0.05, 0) is 43.0 Å². The standard InChI is InChI=1S/C15H18FN3/c16-14-4-1-3-13-12(14)5-6-15(13)18-7-2-9-19-10-8-17-11-19/h1,3-4,8,10-11,15,18H,2,5-7,9H2. The molecule has 19 heavy (non-hydrogen) atoms. The number of fused-ring (bicyclic) bond motifs is 1. The van der Waals surface area contributed by atoms with Gasteiger partial charge in [0.2, 0.25) is 0 Å². The Bertz CT molecular complexity index is 536. The molecule has 0 amide bonds. The Morgan fingerprint density at radius 3 is 3.21 bits per heavy atom. The molecule has 0 bridgehead atoms. The van der Waals surface area contributed by atoms with Crippen molar-refractivity contribution in [2.75, 3.05) is 6.54 Å². The normalized spacial score (nSPS) is 17.6. The second kappa shape index (κ2) is 5.53. The molecule has 0 saturated heterocycles. The summed E-state index contributed by atoms with van der Waals surface area (Å²) in [7, 11) is 0. The molecule has 1 aromatic heterocycles.